The van der Waals surface area contributed by atoms with Gasteiger partial charge in [-0.25, -0.2) is 4.79 Å². The van der Waals surface area contributed by atoms with Crippen LogP contribution in [0.3, 0.4) is 0 Å². The molecule has 1 saturated heterocycles. The van der Waals surface area contributed by atoms with Gasteiger partial charge in [-0.15, -0.1) is 0 Å². The summed E-state index contributed by atoms with van der Waals surface area (Å²) in [4.78, 5) is 27.1. The first kappa shape index (κ1) is 16.8. The summed E-state index contributed by atoms with van der Waals surface area (Å²) in [5.41, 5.74) is -0.466. The van der Waals surface area contributed by atoms with Crippen LogP contribution < -0.4 is 0 Å². The van der Waals surface area contributed by atoms with Gasteiger partial charge in [0.1, 0.15) is 5.60 Å². The van der Waals surface area contributed by atoms with Gasteiger partial charge in [-0.1, -0.05) is 0 Å². The summed E-state index contributed by atoms with van der Waals surface area (Å²) in [6.07, 6.45) is 0.112. The van der Waals surface area contributed by atoms with Crippen molar-refractivity contribution in [1.29, 1.82) is 0 Å². The molecule has 1 aliphatic heterocycles. The van der Waals surface area contributed by atoms with E-state index in [4.69, 9.17) is 4.74 Å². The summed E-state index contributed by atoms with van der Waals surface area (Å²) in [7, 11) is 1.40. The Morgan fingerprint density at radius 2 is 1.70 bits per heavy atom. The lowest BCUT2D eigenvalue weighted by Crippen LogP contribution is -2.52. The number of hydrogen-bond donors (Lipinski definition) is 0. The highest BCUT2D eigenvalue weighted by Crippen LogP contribution is 2.14. The van der Waals surface area contributed by atoms with E-state index in [-0.39, 0.29) is 18.1 Å². The Morgan fingerprint density at radius 1 is 1.15 bits per heavy atom. The van der Waals surface area contributed by atoms with E-state index in [0.717, 1.165) is 13.1 Å². The summed E-state index contributed by atoms with van der Waals surface area (Å²) in [6.45, 7) is 10.3. The maximum atomic E-state index is 11.9. The van der Waals surface area contributed by atoms with E-state index < -0.39 is 5.60 Å². The first-order valence-electron chi connectivity index (χ1n) is 7.01. The Balaban J connectivity index is 2.39. The van der Waals surface area contributed by atoms with Gasteiger partial charge in [0.15, 0.2) is 0 Å². The summed E-state index contributed by atoms with van der Waals surface area (Å²) < 4.78 is 10.0. The zero-order chi connectivity index (χ0) is 15.3. The third-order valence-corrected chi connectivity index (χ3v) is 3.28. The van der Waals surface area contributed by atoms with Gasteiger partial charge in [0.05, 0.1) is 13.5 Å². The lowest BCUT2D eigenvalue weighted by Gasteiger charge is -2.38. The van der Waals surface area contributed by atoms with Crippen molar-refractivity contribution in [3.05, 3.63) is 0 Å². The van der Waals surface area contributed by atoms with Crippen molar-refractivity contribution in [2.24, 2.45) is 0 Å². The fraction of sp³-hybridized carbons (Fsp3) is 0.857. The van der Waals surface area contributed by atoms with Gasteiger partial charge in [-0.2, -0.15) is 0 Å². The van der Waals surface area contributed by atoms with Crippen LogP contribution in [0.25, 0.3) is 0 Å². The molecule has 0 saturated carbocycles. The number of carbonyl (C=O) groups is 2. The third-order valence-electron chi connectivity index (χ3n) is 3.28. The largest absolute Gasteiger partial charge is 0.469 e. The average molecular weight is 286 g/mol. The van der Waals surface area contributed by atoms with E-state index in [2.05, 4.69) is 9.64 Å². The Morgan fingerprint density at radius 3 is 2.15 bits per heavy atom. The highest BCUT2D eigenvalue weighted by Gasteiger charge is 2.28. The molecule has 0 bridgehead atoms. The second-order valence-corrected chi connectivity index (χ2v) is 6.13. The number of esters is 1. The molecule has 1 amide bonds. The maximum Gasteiger partial charge on any atom is 0.410 e. The lowest BCUT2D eigenvalue weighted by atomic mass is 10.1. The first-order chi connectivity index (χ1) is 9.23. The first-order valence-corrected chi connectivity index (χ1v) is 7.01. The number of methoxy groups -OCH3 is 1. The Bertz CT molecular complexity index is 344. The molecule has 116 valence electrons. The number of ether oxygens (including phenoxy) is 2. The van der Waals surface area contributed by atoms with E-state index in [9.17, 15) is 9.59 Å². The molecule has 0 N–H and O–H groups in total. The van der Waals surface area contributed by atoms with Crippen LogP contribution in [0.4, 0.5) is 4.79 Å². The van der Waals surface area contributed by atoms with Gasteiger partial charge in [0.2, 0.25) is 0 Å². The molecule has 0 aliphatic carbocycles. The normalized spacial score (nSPS) is 18.6. The molecule has 20 heavy (non-hydrogen) atoms. The van der Waals surface area contributed by atoms with Crippen molar-refractivity contribution in [3.63, 3.8) is 0 Å². The topological polar surface area (TPSA) is 59.1 Å². The minimum atomic E-state index is -0.466. The van der Waals surface area contributed by atoms with E-state index in [1.165, 1.54) is 7.11 Å². The monoisotopic (exact) mass is 286 g/mol. The van der Waals surface area contributed by atoms with Crippen molar-refractivity contribution in [2.45, 2.75) is 45.8 Å². The summed E-state index contributed by atoms with van der Waals surface area (Å²) in [6, 6.07) is 0.128. The third kappa shape index (κ3) is 5.36. The molecule has 0 aromatic carbocycles. The Labute approximate surface area is 121 Å². The summed E-state index contributed by atoms with van der Waals surface area (Å²) in [5, 5.41) is 0. The van der Waals surface area contributed by atoms with Crippen molar-refractivity contribution in [1.82, 2.24) is 9.80 Å². The average Bonchev–Trinajstić information content (AvgIpc) is 2.36. The van der Waals surface area contributed by atoms with Crippen LogP contribution in [0.2, 0.25) is 0 Å². The molecule has 0 aromatic heterocycles. The van der Waals surface area contributed by atoms with Crippen LogP contribution in [-0.4, -0.2) is 66.8 Å². The Hall–Kier alpha value is -1.30. The number of carbonyl (C=O) groups excluding carboxylic acids is 2. The van der Waals surface area contributed by atoms with Gasteiger partial charge in [-0.05, 0) is 27.7 Å². The SMILES string of the molecule is COC(=O)CC(C)N1CCN(C(=O)OC(C)(C)C)CC1. The van der Waals surface area contributed by atoms with Crippen molar-refractivity contribution in [2.75, 3.05) is 33.3 Å². The summed E-state index contributed by atoms with van der Waals surface area (Å²) >= 11 is 0. The number of piperazine rings is 1. The van der Waals surface area contributed by atoms with Crippen LogP contribution in [-0.2, 0) is 14.3 Å². The zero-order valence-electron chi connectivity index (χ0n) is 13.1. The second kappa shape index (κ2) is 6.92. The van der Waals surface area contributed by atoms with E-state index >= 15 is 0 Å². The number of amides is 1. The zero-order valence-corrected chi connectivity index (χ0v) is 13.1. The predicted molar refractivity (Wildman–Crippen MR) is 75.5 cm³/mol. The van der Waals surface area contributed by atoms with Crippen LogP contribution in [0, 0.1) is 0 Å². The molecule has 1 atom stereocenters. The van der Waals surface area contributed by atoms with Gasteiger partial charge < -0.3 is 14.4 Å². The fourth-order valence-corrected chi connectivity index (χ4v) is 2.13. The van der Waals surface area contributed by atoms with Gasteiger partial charge >= 0.3 is 12.1 Å². The maximum absolute atomic E-state index is 11.9. The standard InChI is InChI=1S/C14H26N2O4/c1-11(10-12(17)19-5)15-6-8-16(9-7-15)13(18)20-14(2,3)4/h11H,6-10H2,1-5H3. The minimum Gasteiger partial charge on any atom is -0.469 e. The lowest BCUT2D eigenvalue weighted by molar-refractivity contribution is -0.142. The molecular formula is C14H26N2O4. The highest BCUT2D eigenvalue weighted by molar-refractivity contribution is 5.70. The minimum absolute atomic E-state index is 0.128. The predicted octanol–water partition coefficient (Wildman–Crippen LogP) is 1.49. The quantitative estimate of drug-likeness (QED) is 0.736. The fourth-order valence-electron chi connectivity index (χ4n) is 2.13. The van der Waals surface area contributed by atoms with Crippen molar-refractivity contribution >= 4 is 12.1 Å². The van der Waals surface area contributed by atoms with Crippen molar-refractivity contribution in [3.8, 4) is 0 Å². The molecular weight excluding hydrogens is 260 g/mol. The molecule has 0 radical (unpaired) electrons. The molecule has 6 nitrogen and oxygen atoms in total. The van der Waals surface area contributed by atoms with Gasteiger partial charge in [0.25, 0.3) is 0 Å². The van der Waals surface area contributed by atoms with Crippen molar-refractivity contribution < 1.29 is 19.1 Å². The molecule has 1 aliphatic rings. The number of hydrogen-bond acceptors (Lipinski definition) is 5. The van der Waals surface area contributed by atoms with E-state index in [1.807, 2.05) is 27.7 Å². The molecule has 0 aromatic rings. The smallest absolute Gasteiger partial charge is 0.410 e. The van der Waals surface area contributed by atoms with Crippen LogP contribution in [0.15, 0.2) is 0 Å². The molecule has 1 unspecified atom stereocenters. The van der Waals surface area contributed by atoms with Crippen LogP contribution in [0.5, 0.6) is 0 Å². The van der Waals surface area contributed by atoms with E-state index in [0.29, 0.717) is 19.5 Å². The van der Waals surface area contributed by atoms with Gasteiger partial charge in [0, 0.05) is 32.2 Å². The highest BCUT2D eigenvalue weighted by atomic mass is 16.6. The number of rotatable bonds is 3. The molecule has 1 heterocycles. The summed E-state index contributed by atoms with van der Waals surface area (Å²) in [5.74, 6) is -0.202. The molecule has 6 heteroatoms. The Kier molecular flexibility index (Phi) is 5.80. The van der Waals surface area contributed by atoms with Crippen LogP contribution >= 0.6 is 0 Å². The molecule has 0 spiro atoms. The number of nitrogens with zero attached hydrogens (tertiary/aromatic N) is 2. The van der Waals surface area contributed by atoms with Crippen LogP contribution in [0.1, 0.15) is 34.1 Å². The molecule has 1 fully saturated rings. The van der Waals surface area contributed by atoms with Gasteiger partial charge in [-0.3, -0.25) is 9.69 Å². The molecule has 1 rings (SSSR count). The second-order valence-electron chi connectivity index (χ2n) is 6.13. The van der Waals surface area contributed by atoms with E-state index in [1.54, 1.807) is 4.90 Å².